The summed E-state index contributed by atoms with van der Waals surface area (Å²) in [5.74, 6) is -0.169. The van der Waals surface area contributed by atoms with Crippen molar-refractivity contribution < 1.29 is 13.2 Å². The van der Waals surface area contributed by atoms with Crippen LogP contribution >= 0.6 is 0 Å². The van der Waals surface area contributed by atoms with Gasteiger partial charge in [0.2, 0.25) is 0 Å². The van der Waals surface area contributed by atoms with Crippen LogP contribution < -0.4 is 0 Å². The van der Waals surface area contributed by atoms with Gasteiger partial charge in [0.15, 0.2) is 5.69 Å². The number of hydrogen-bond acceptors (Lipinski definition) is 4. The van der Waals surface area contributed by atoms with Crippen molar-refractivity contribution in [1.29, 1.82) is 0 Å². The maximum Gasteiger partial charge on any atom is 0.282 e. The van der Waals surface area contributed by atoms with Gasteiger partial charge in [-0.3, -0.25) is 9.89 Å². The first-order valence-corrected chi connectivity index (χ1v) is 9.86. The number of hydrogen-bond donors (Lipinski definition) is 1. The molecule has 2 heterocycles. The molecule has 0 spiro atoms. The Hall–Kier alpha value is -1.97. The number of para-hydroxylation sites is 1. The van der Waals surface area contributed by atoms with Crippen molar-refractivity contribution >= 4 is 27.0 Å². The van der Waals surface area contributed by atoms with Gasteiger partial charge < -0.3 is 4.90 Å². The predicted molar refractivity (Wildman–Crippen MR) is 95.4 cm³/mol. The minimum absolute atomic E-state index is 0.169. The normalized spacial score (nSPS) is 16.7. The highest BCUT2D eigenvalue weighted by Gasteiger charge is 2.33. The lowest BCUT2D eigenvalue weighted by molar-refractivity contribution is 0.0690. The molecule has 1 fully saturated rings. The van der Waals surface area contributed by atoms with Crippen LogP contribution in [-0.4, -0.2) is 77.3 Å². The summed E-state index contributed by atoms with van der Waals surface area (Å²) in [4.78, 5) is 14.4. The smallest absolute Gasteiger partial charge is 0.282 e. The highest BCUT2D eigenvalue weighted by Crippen LogP contribution is 2.19. The topological polar surface area (TPSA) is 89.6 Å². The minimum atomic E-state index is -3.45. The molecule has 1 aliphatic rings. The summed E-state index contributed by atoms with van der Waals surface area (Å²) in [5.41, 5.74) is 1.20. The zero-order chi connectivity index (χ0) is 18.0. The van der Waals surface area contributed by atoms with Crippen LogP contribution in [-0.2, 0) is 10.2 Å². The summed E-state index contributed by atoms with van der Waals surface area (Å²) >= 11 is 0. The van der Waals surface area contributed by atoms with Crippen molar-refractivity contribution in [2.75, 3.05) is 39.3 Å². The molecule has 0 radical (unpaired) electrons. The molecule has 2 aromatic rings. The number of nitrogens with zero attached hydrogens (tertiary/aromatic N) is 4. The first kappa shape index (κ1) is 17.8. The molecule has 136 valence electrons. The summed E-state index contributed by atoms with van der Waals surface area (Å²) in [5, 5.41) is 7.78. The van der Waals surface area contributed by atoms with Crippen molar-refractivity contribution in [1.82, 2.24) is 23.7 Å². The van der Waals surface area contributed by atoms with Crippen LogP contribution in [0.2, 0.25) is 0 Å². The molecule has 25 heavy (non-hydrogen) atoms. The lowest BCUT2D eigenvalue weighted by Gasteiger charge is -2.36. The Morgan fingerprint density at radius 3 is 2.44 bits per heavy atom. The number of rotatable bonds is 5. The van der Waals surface area contributed by atoms with Gasteiger partial charge in [-0.15, -0.1) is 0 Å². The molecule has 0 saturated carbocycles. The molecule has 1 aromatic carbocycles. The molecular weight excluding hydrogens is 342 g/mol. The third kappa shape index (κ3) is 3.26. The second-order valence-corrected chi connectivity index (χ2v) is 7.83. The van der Waals surface area contributed by atoms with E-state index in [4.69, 9.17) is 0 Å². The molecule has 8 nitrogen and oxygen atoms in total. The number of aromatic nitrogens is 2. The first-order valence-electron chi connectivity index (χ1n) is 8.46. The van der Waals surface area contributed by atoms with Crippen LogP contribution in [0.1, 0.15) is 24.3 Å². The zero-order valence-electron chi connectivity index (χ0n) is 14.5. The van der Waals surface area contributed by atoms with Crippen molar-refractivity contribution in [2.45, 2.75) is 13.8 Å². The number of carbonyl (C=O) groups excluding carboxylic acids is 1. The summed E-state index contributed by atoms with van der Waals surface area (Å²) in [7, 11) is -3.45. The Bertz CT molecular complexity index is 852. The molecule has 0 aliphatic carbocycles. The fourth-order valence-corrected chi connectivity index (χ4v) is 4.72. The monoisotopic (exact) mass is 365 g/mol. The van der Waals surface area contributed by atoms with Crippen LogP contribution in [0.4, 0.5) is 0 Å². The van der Waals surface area contributed by atoms with Crippen molar-refractivity contribution in [2.24, 2.45) is 0 Å². The van der Waals surface area contributed by atoms with E-state index >= 15 is 0 Å². The van der Waals surface area contributed by atoms with E-state index in [1.807, 2.05) is 38.1 Å². The fraction of sp³-hybridized carbons (Fsp3) is 0.500. The molecule has 1 amide bonds. The molecule has 0 bridgehead atoms. The third-order valence-electron chi connectivity index (χ3n) is 4.56. The molecule has 1 saturated heterocycles. The van der Waals surface area contributed by atoms with Crippen molar-refractivity contribution in [3.63, 3.8) is 0 Å². The minimum Gasteiger partial charge on any atom is -0.335 e. The number of nitrogens with one attached hydrogen (secondary N) is 1. The van der Waals surface area contributed by atoms with Gasteiger partial charge in [0, 0.05) is 44.7 Å². The number of benzene rings is 1. The summed E-state index contributed by atoms with van der Waals surface area (Å²) in [6.07, 6.45) is 0. The molecule has 1 N–H and O–H groups in total. The Kier molecular flexibility index (Phi) is 5.07. The van der Waals surface area contributed by atoms with Crippen LogP contribution in [0.3, 0.4) is 0 Å². The summed E-state index contributed by atoms with van der Waals surface area (Å²) in [6, 6.07) is 7.47. The van der Waals surface area contributed by atoms with Crippen LogP contribution in [0.15, 0.2) is 24.3 Å². The lowest BCUT2D eigenvalue weighted by atomic mass is 10.2. The fourth-order valence-electron chi connectivity index (χ4n) is 3.11. The lowest BCUT2D eigenvalue weighted by Crippen LogP contribution is -2.54. The van der Waals surface area contributed by atoms with Gasteiger partial charge in [0.1, 0.15) is 0 Å². The van der Waals surface area contributed by atoms with E-state index in [1.54, 1.807) is 4.90 Å². The van der Waals surface area contributed by atoms with Gasteiger partial charge in [0.25, 0.3) is 16.1 Å². The van der Waals surface area contributed by atoms with Gasteiger partial charge in [-0.1, -0.05) is 32.0 Å². The van der Waals surface area contributed by atoms with E-state index in [0.29, 0.717) is 45.0 Å². The quantitative estimate of drug-likeness (QED) is 0.853. The first-order chi connectivity index (χ1) is 12.0. The molecule has 0 atom stereocenters. The van der Waals surface area contributed by atoms with E-state index in [9.17, 15) is 13.2 Å². The van der Waals surface area contributed by atoms with Gasteiger partial charge in [-0.2, -0.15) is 22.1 Å². The summed E-state index contributed by atoms with van der Waals surface area (Å²) < 4.78 is 28.0. The maximum absolute atomic E-state index is 12.7. The van der Waals surface area contributed by atoms with E-state index in [1.165, 1.54) is 8.61 Å². The van der Waals surface area contributed by atoms with Gasteiger partial charge >= 0.3 is 0 Å². The molecule has 9 heteroatoms. The number of fused-ring (bicyclic) bond motifs is 1. The van der Waals surface area contributed by atoms with Crippen molar-refractivity contribution in [3.8, 4) is 0 Å². The standard InChI is InChI=1S/C16H23N5O3S/c1-3-20(4-2)25(23,24)21-11-9-19(10-12-21)16(22)15-13-7-5-6-8-14(13)17-18-15/h5-8H,3-4,9-12H2,1-2H3,(H,17,18). The highest BCUT2D eigenvalue weighted by molar-refractivity contribution is 7.86. The van der Waals surface area contributed by atoms with Crippen LogP contribution in [0, 0.1) is 0 Å². The van der Waals surface area contributed by atoms with E-state index in [0.717, 1.165) is 10.9 Å². The maximum atomic E-state index is 12.7. The van der Waals surface area contributed by atoms with Crippen LogP contribution in [0.5, 0.6) is 0 Å². The van der Waals surface area contributed by atoms with E-state index in [2.05, 4.69) is 10.2 Å². The molecule has 0 unspecified atom stereocenters. The van der Waals surface area contributed by atoms with Gasteiger partial charge in [-0.25, -0.2) is 0 Å². The van der Waals surface area contributed by atoms with Gasteiger partial charge in [0.05, 0.1) is 5.52 Å². The van der Waals surface area contributed by atoms with Crippen molar-refractivity contribution in [3.05, 3.63) is 30.0 Å². The third-order valence-corrected chi connectivity index (χ3v) is 6.74. The van der Waals surface area contributed by atoms with Crippen LogP contribution in [0.25, 0.3) is 10.9 Å². The predicted octanol–water partition coefficient (Wildman–Crippen LogP) is 0.907. The Morgan fingerprint density at radius 1 is 1.16 bits per heavy atom. The number of H-pyrrole nitrogens is 1. The average molecular weight is 365 g/mol. The number of aromatic amines is 1. The molecule has 1 aromatic heterocycles. The molecular formula is C16H23N5O3S. The number of amides is 1. The van der Waals surface area contributed by atoms with Gasteiger partial charge in [-0.05, 0) is 6.07 Å². The molecule has 1 aliphatic heterocycles. The molecule has 3 rings (SSSR count). The Labute approximate surface area is 147 Å². The Morgan fingerprint density at radius 2 is 1.80 bits per heavy atom. The van der Waals surface area contributed by atoms with E-state index in [-0.39, 0.29) is 5.91 Å². The summed E-state index contributed by atoms with van der Waals surface area (Å²) in [6.45, 7) is 5.85. The largest absolute Gasteiger partial charge is 0.335 e. The second-order valence-electron chi connectivity index (χ2n) is 5.90. The number of piperazine rings is 1. The SMILES string of the molecule is CCN(CC)S(=O)(=O)N1CCN(C(=O)c2n[nH]c3ccccc23)CC1. The Balaban J connectivity index is 1.71. The second kappa shape index (κ2) is 7.11. The average Bonchev–Trinajstić information content (AvgIpc) is 3.06. The van der Waals surface area contributed by atoms with E-state index < -0.39 is 10.2 Å². The highest BCUT2D eigenvalue weighted by atomic mass is 32.2. The number of carbonyl (C=O) groups is 1. The zero-order valence-corrected chi connectivity index (χ0v) is 15.3.